The Labute approximate surface area is 166 Å². The van der Waals surface area contributed by atoms with Crippen molar-refractivity contribution < 1.29 is 13.9 Å². The molecule has 0 radical (unpaired) electrons. The van der Waals surface area contributed by atoms with Crippen molar-refractivity contribution in [2.75, 3.05) is 13.2 Å². The second-order valence-electron chi connectivity index (χ2n) is 9.58. The Morgan fingerprint density at radius 1 is 1.19 bits per heavy atom. The molecular weight excluding hydrogens is 354 g/mol. The van der Waals surface area contributed by atoms with E-state index in [2.05, 4.69) is 69.1 Å². The fourth-order valence-corrected chi connectivity index (χ4v) is 5.22. The molecule has 2 aliphatic heterocycles. The van der Waals surface area contributed by atoms with Gasteiger partial charge in [-0.1, -0.05) is 51.1 Å². The summed E-state index contributed by atoms with van der Waals surface area (Å²) in [5.74, 6) is 0. The van der Waals surface area contributed by atoms with E-state index < -0.39 is 8.32 Å². The van der Waals surface area contributed by atoms with Gasteiger partial charge in [-0.3, -0.25) is 4.90 Å². The number of hydrogen-bond acceptors (Lipinski definition) is 4. The molecule has 0 aliphatic carbocycles. The molecule has 5 heteroatoms. The lowest BCUT2D eigenvalue weighted by Crippen LogP contribution is -2.58. The molecule has 0 aromatic heterocycles. The Morgan fingerprint density at radius 3 is 2.56 bits per heavy atom. The monoisotopic (exact) mass is 391 g/mol. The lowest BCUT2D eigenvalue weighted by Gasteiger charge is -2.46. The molecule has 0 unspecified atom stereocenters. The van der Waals surface area contributed by atoms with Crippen LogP contribution in [0.3, 0.4) is 0 Å². The molecule has 4 nitrogen and oxygen atoms in total. The Kier molecular flexibility index (Phi) is 6.48. The van der Waals surface area contributed by atoms with Gasteiger partial charge in [0, 0.05) is 12.6 Å². The minimum Gasteiger partial charge on any atom is -0.409 e. The van der Waals surface area contributed by atoms with Crippen molar-refractivity contribution in [3.05, 3.63) is 35.9 Å². The van der Waals surface area contributed by atoms with Gasteiger partial charge in [0.2, 0.25) is 0 Å². The van der Waals surface area contributed by atoms with Crippen molar-refractivity contribution in [2.45, 2.75) is 89.8 Å². The van der Waals surface area contributed by atoms with Crippen LogP contribution in [0.4, 0.5) is 0 Å². The molecule has 3 rings (SSSR count). The third-order valence-corrected chi connectivity index (χ3v) is 11.0. The minimum absolute atomic E-state index is 0.0171. The second kappa shape index (κ2) is 8.33. The van der Waals surface area contributed by atoms with Crippen LogP contribution in [0.1, 0.15) is 46.1 Å². The van der Waals surface area contributed by atoms with Crippen molar-refractivity contribution in [1.29, 1.82) is 0 Å². The summed E-state index contributed by atoms with van der Waals surface area (Å²) in [7, 11) is -1.88. The molecule has 2 heterocycles. The van der Waals surface area contributed by atoms with Crippen LogP contribution in [0.2, 0.25) is 18.1 Å². The molecule has 2 saturated heterocycles. The second-order valence-corrected chi connectivity index (χ2v) is 14.3. The Hall–Kier alpha value is -0.723. The zero-order chi connectivity index (χ0) is 19.7. The Morgan fingerprint density at radius 2 is 1.89 bits per heavy atom. The third kappa shape index (κ3) is 5.01. The van der Waals surface area contributed by atoms with Gasteiger partial charge in [-0.05, 0) is 50.0 Å². The van der Waals surface area contributed by atoms with Gasteiger partial charge >= 0.3 is 0 Å². The number of nitrogens with zero attached hydrogens (tertiary/aromatic N) is 1. The highest BCUT2D eigenvalue weighted by Gasteiger charge is 2.46. The van der Waals surface area contributed by atoms with Gasteiger partial charge in [-0.25, -0.2) is 0 Å². The van der Waals surface area contributed by atoms with Crippen molar-refractivity contribution in [2.24, 2.45) is 0 Å². The molecule has 0 N–H and O–H groups in total. The van der Waals surface area contributed by atoms with Crippen molar-refractivity contribution in [1.82, 2.24) is 4.90 Å². The van der Waals surface area contributed by atoms with E-state index in [0.717, 1.165) is 13.1 Å². The molecule has 0 amide bonds. The largest absolute Gasteiger partial charge is 0.409 e. The van der Waals surface area contributed by atoms with Crippen LogP contribution in [-0.4, -0.2) is 50.9 Å². The highest BCUT2D eigenvalue weighted by molar-refractivity contribution is 6.74. The highest BCUT2D eigenvalue weighted by Crippen LogP contribution is 2.39. The summed E-state index contributed by atoms with van der Waals surface area (Å²) in [5.41, 5.74) is 1.37. The van der Waals surface area contributed by atoms with E-state index in [1.54, 1.807) is 0 Å². The third-order valence-electron chi connectivity index (χ3n) is 6.48. The summed E-state index contributed by atoms with van der Waals surface area (Å²) in [6.07, 6.45) is 2.33. The standard InChI is InChI=1S/C22H37NO3Si/c1-17-24-16-20(26-27(5,6)22(2,3)4)21(25-17)19-13-10-14-23(19)15-18-11-8-7-9-12-18/h7-9,11-12,17,19-21H,10,13-16H2,1-6H3/t17-,19+,20+,21+/m0/s1. The Bertz CT molecular complexity index is 601. The van der Waals surface area contributed by atoms with Crippen LogP contribution >= 0.6 is 0 Å². The number of rotatable bonds is 5. The van der Waals surface area contributed by atoms with Crippen molar-refractivity contribution in [3.8, 4) is 0 Å². The molecule has 0 bridgehead atoms. The van der Waals surface area contributed by atoms with Gasteiger partial charge in [0.05, 0.1) is 12.7 Å². The number of hydrogen-bond donors (Lipinski definition) is 0. The summed E-state index contributed by atoms with van der Waals surface area (Å²) in [6, 6.07) is 11.1. The normalized spacial score (nSPS) is 30.6. The smallest absolute Gasteiger partial charge is 0.192 e. The fraction of sp³-hybridized carbons (Fsp3) is 0.727. The van der Waals surface area contributed by atoms with E-state index in [1.165, 1.54) is 18.4 Å². The first-order valence-electron chi connectivity index (χ1n) is 10.4. The maximum atomic E-state index is 6.78. The predicted molar refractivity (Wildman–Crippen MR) is 112 cm³/mol. The van der Waals surface area contributed by atoms with E-state index in [0.29, 0.717) is 12.6 Å². The van der Waals surface area contributed by atoms with Gasteiger partial charge in [0.15, 0.2) is 14.6 Å². The van der Waals surface area contributed by atoms with Gasteiger partial charge in [0.25, 0.3) is 0 Å². The highest BCUT2D eigenvalue weighted by atomic mass is 28.4. The summed E-state index contributed by atoms with van der Waals surface area (Å²) >= 11 is 0. The first-order valence-corrected chi connectivity index (χ1v) is 13.3. The molecule has 1 aromatic rings. The van der Waals surface area contributed by atoms with E-state index in [9.17, 15) is 0 Å². The lowest BCUT2D eigenvalue weighted by atomic mass is 10.0. The zero-order valence-electron chi connectivity index (χ0n) is 17.9. The van der Waals surface area contributed by atoms with E-state index in [-0.39, 0.29) is 23.5 Å². The first kappa shape index (κ1) is 21.0. The predicted octanol–water partition coefficient (Wildman–Crippen LogP) is 4.80. The molecule has 1 aromatic carbocycles. The summed E-state index contributed by atoms with van der Waals surface area (Å²) in [5, 5.41) is 0.181. The van der Waals surface area contributed by atoms with E-state index >= 15 is 0 Å². The molecule has 152 valence electrons. The molecule has 2 fully saturated rings. The molecule has 2 aliphatic rings. The lowest BCUT2D eigenvalue weighted by molar-refractivity contribution is -0.252. The quantitative estimate of drug-likeness (QED) is 0.675. The molecule has 4 atom stereocenters. The van der Waals surface area contributed by atoms with E-state index in [4.69, 9.17) is 13.9 Å². The van der Waals surface area contributed by atoms with Crippen LogP contribution in [0, 0.1) is 0 Å². The SMILES string of the molecule is C[C@H]1OC[C@@H](O[Si](C)(C)C(C)(C)C)[C@@H]([C@H]2CCCN2Cc2ccccc2)O1. The topological polar surface area (TPSA) is 30.9 Å². The average Bonchev–Trinajstić information content (AvgIpc) is 3.04. The van der Waals surface area contributed by atoms with Crippen LogP contribution in [0.15, 0.2) is 30.3 Å². The molecule has 0 saturated carbocycles. The maximum absolute atomic E-state index is 6.78. The average molecular weight is 392 g/mol. The van der Waals surface area contributed by atoms with Crippen molar-refractivity contribution >= 4 is 8.32 Å². The van der Waals surface area contributed by atoms with Gasteiger partial charge < -0.3 is 13.9 Å². The summed E-state index contributed by atoms with van der Waals surface area (Å²) in [4.78, 5) is 2.58. The summed E-state index contributed by atoms with van der Waals surface area (Å²) in [6.45, 7) is 16.3. The molecular formula is C22H37NO3Si. The number of likely N-dealkylation sites (tertiary alicyclic amines) is 1. The van der Waals surface area contributed by atoms with Crippen LogP contribution < -0.4 is 0 Å². The zero-order valence-corrected chi connectivity index (χ0v) is 18.9. The van der Waals surface area contributed by atoms with Gasteiger partial charge in [-0.15, -0.1) is 0 Å². The van der Waals surface area contributed by atoms with Crippen LogP contribution in [-0.2, 0) is 20.4 Å². The summed E-state index contributed by atoms with van der Waals surface area (Å²) < 4.78 is 19.0. The number of ether oxygens (including phenoxy) is 2. The van der Waals surface area contributed by atoms with Gasteiger partial charge in [-0.2, -0.15) is 0 Å². The first-order chi connectivity index (χ1) is 12.7. The molecule has 0 spiro atoms. The fourth-order valence-electron chi connectivity index (χ4n) is 3.91. The minimum atomic E-state index is -1.88. The van der Waals surface area contributed by atoms with Gasteiger partial charge in [0.1, 0.15) is 6.10 Å². The number of benzene rings is 1. The van der Waals surface area contributed by atoms with Crippen LogP contribution in [0.5, 0.6) is 0 Å². The Balaban J connectivity index is 1.75. The van der Waals surface area contributed by atoms with Crippen molar-refractivity contribution in [3.63, 3.8) is 0 Å². The van der Waals surface area contributed by atoms with Crippen LogP contribution in [0.25, 0.3) is 0 Å². The maximum Gasteiger partial charge on any atom is 0.192 e. The van der Waals surface area contributed by atoms with E-state index in [1.807, 2.05) is 6.92 Å². The molecule has 27 heavy (non-hydrogen) atoms.